The van der Waals surface area contributed by atoms with E-state index >= 15 is 0 Å². The quantitative estimate of drug-likeness (QED) is 0.540. The van der Waals surface area contributed by atoms with E-state index < -0.39 is 0 Å². The van der Waals surface area contributed by atoms with Gasteiger partial charge in [-0.25, -0.2) is 0 Å². The van der Waals surface area contributed by atoms with Crippen molar-refractivity contribution < 1.29 is 14.3 Å². The third-order valence-corrected chi connectivity index (χ3v) is 5.42. The van der Waals surface area contributed by atoms with E-state index in [1.807, 2.05) is 49.4 Å². The third-order valence-electron chi connectivity index (χ3n) is 4.07. The van der Waals surface area contributed by atoms with Gasteiger partial charge >= 0.3 is 0 Å². The highest BCUT2D eigenvalue weighted by Crippen LogP contribution is 2.32. The molecule has 0 bridgehead atoms. The number of hydrogen-bond acceptors (Lipinski definition) is 4. The van der Waals surface area contributed by atoms with Crippen LogP contribution in [0, 0.1) is 0 Å². The molecule has 0 fully saturated rings. The molecule has 2 aromatic rings. The molecule has 2 aromatic carbocycles. The highest BCUT2D eigenvalue weighted by Gasteiger charge is 2.15. The number of benzene rings is 2. The van der Waals surface area contributed by atoms with Gasteiger partial charge in [0.15, 0.2) is 11.5 Å². The lowest BCUT2D eigenvalue weighted by molar-refractivity contribution is -0.121. The Hall–Kier alpha value is -1.85. The molecule has 1 atom stereocenters. The zero-order chi connectivity index (χ0) is 18.4. The fourth-order valence-electron chi connectivity index (χ4n) is 2.68. The first-order valence-corrected chi connectivity index (χ1v) is 10.1. The number of fused-ring (bicyclic) bond motifs is 1. The molecule has 3 rings (SSSR count). The Morgan fingerprint density at radius 3 is 2.65 bits per heavy atom. The molecule has 1 N–H and O–H groups in total. The molecule has 0 saturated heterocycles. The van der Waals surface area contributed by atoms with E-state index in [1.165, 1.54) is 4.90 Å². The summed E-state index contributed by atoms with van der Waals surface area (Å²) in [6.07, 6.45) is 1.34. The normalized spacial score (nSPS) is 13.9. The molecule has 0 spiro atoms. The van der Waals surface area contributed by atoms with Gasteiger partial charge in [0.25, 0.3) is 0 Å². The van der Waals surface area contributed by atoms with Crippen LogP contribution in [0.25, 0.3) is 0 Å². The number of ether oxygens (including phenoxy) is 2. The minimum Gasteiger partial charge on any atom is -0.486 e. The van der Waals surface area contributed by atoms with Crippen LogP contribution in [0.15, 0.2) is 47.4 Å². The van der Waals surface area contributed by atoms with E-state index in [0.29, 0.717) is 19.6 Å². The number of nitrogens with one attached hydrogen (secondary N) is 1. The lowest BCUT2D eigenvalue weighted by Gasteiger charge is -2.21. The highest BCUT2D eigenvalue weighted by molar-refractivity contribution is 7.99. The molecule has 1 aliphatic rings. The van der Waals surface area contributed by atoms with Gasteiger partial charge in [0, 0.05) is 16.3 Å². The Bertz CT molecular complexity index is 751. The summed E-state index contributed by atoms with van der Waals surface area (Å²) in [5, 5.41) is 3.78. The van der Waals surface area contributed by atoms with Gasteiger partial charge in [0.05, 0.1) is 6.04 Å². The van der Waals surface area contributed by atoms with Crippen LogP contribution in [-0.4, -0.2) is 24.9 Å². The van der Waals surface area contributed by atoms with E-state index in [2.05, 4.69) is 5.32 Å². The van der Waals surface area contributed by atoms with Crippen LogP contribution in [0.1, 0.15) is 31.4 Å². The van der Waals surface area contributed by atoms with E-state index in [9.17, 15) is 4.79 Å². The summed E-state index contributed by atoms with van der Waals surface area (Å²) in [6.45, 7) is 3.11. The van der Waals surface area contributed by atoms with Gasteiger partial charge < -0.3 is 14.8 Å². The zero-order valence-corrected chi connectivity index (χ0v) is 16.2. The van der Waals surface area contributed by atoms with Crippen LogP contribution in [0.4, 0.5) is 0 Å². The molecule has 0 saturated carbocycles. The van der Waals surface area contributed by atoms with Crippen molar-refractivity contribution in [1.29, 1.82) is 0 Å². The minimum absolute atomic E-state index is 0.0593. The fraction of sp³-hybridized carbons (Fsp3) is 0.350. The maximum absolute atomic E-state index is 12.2. The van der Waals surface area contributed by atoms with Gasteiger partial charge in [0.2, 0.25) is 5.91 Å². The Morgan fingerprint density at radius 1 is 1.15 bits per heavy atom. The lowest BCUT2D eigenvalue weighted by atomic mass is 10.1. The summed E-state index contributed by atoms with van der Waals surface area (Å²) in [7, 11) is 0. The zero-order valence-electron chi connectivity index (χ0n) is 14.7. The third kappa shape index (κ3) is 5.32. The fourth-order valence-corrected chi connectivity index (χ4v) is 3.66. The van der Waals surface area contributed by atoms with Gasteiger partial charge in [-0.3, -0.25) is 4.79 Å². The second-order valence-electron chi connectivity index (χ2n) is 6.10. The monoisotopic (exact) mass is 391 g/mol. The Morgan fingerprint density at radius 2 is 1.88 bits per heavy atom. The summed E-state index contributed by atoms with van der Waals surface area (Å²) in [5.41, 5.74) is 1.01. The Balaban J connectivity index is 1.42. The first kappa shape index (κ1) is 18.9. The number of thioether (sulfide) groups is 1. The smallest absolute Gasteiger partial charge is 0.220 e. The van der Waals surface area contributed by atoms with Gasteiger partial charge in [-0.2, -0.15) is 0 Å². The molecular weight excluding hydrogens is 370 g/mol. The molecule has 0 aliphatic carbocycles. The van der Waals surface area contributed by atoms with Crippen LogP contribution < -0.4 is 14.8 Å². The first-order chi connectivity index (χ1) is 12.6. The predicted octanol–water partition coefficient (Wildman–Crippen LogP) is 4.86. The number of carbonyl (C=O) groups is 1. The summed E-state index contributed by atoms with van der Waals surface area (Å²) in [4.78, 5) is 13.3. The van der Waals surface area contributed by atoms with Gasteiger partial charge in [-0.15, -0.1) is 11.8 Å². The van der Waals surface area contributed by atoms with Crippen LogP contribution in [-0.2, 0) is 4.79 Å². The van der Waals surface area contributed by atoms with Crippen molar-refractivity contribution in [1.82, 2.24) is 5.32 Å². The van der Waals surface area contributed by atoms with Crippen LogP contribution in [0.3, 0.4) is 0 Å². The second kappa shape index (κ2) is 9.19. The number of carbonyl (C=O) groups excluding carboxylic acids is 1. The molecular formula is C20H22ClNO3S. The molecule has 6 heteroatoms. The van der Waals surface area contributed by atoms with Crippen LogP contribution in [0.5, 0.6) is 11.5 Å². The van der Waals surface area contributed by atoms with E-state index in [1.54, 1.807) is 11.8 Å². The van der Waals surface area contributed by atoms with Crippen molar-refractivity contribution in [2.45, 2.75) is 30.7 Å². The summed E-state index contributed by atoms with van der Waals surface area (Å²) < 4.78 is 11.1. The highest BCUT2D eigenvalue weighted by atomic mass is 35.5. The molecule has 4 nitrogen and oxygen atoms in total. The number of amides is 1. The standard InChI is InChI=1S/C20H22ClNO3S/c1-14(15-4-9-18-19(13-15)25-11-10-24-18)22-20(23)3-2-12-26-17-7-5-16(21)6-8-17/h4-9,13-14H,2-3,10-12H2,1H3,(H,22,23)/t14-/m1/s1. The van der Waals surface area contributed by atoms with Crippen molar-refractivity contribution in [2.75, 3.05) is 19.0 Å². The molecule has 1 heterocycles. The lowest BCUT2D eigenvalue weighted by Crippen LogP contribution is -2.26. The number of rotatable bonds is 7. The Kier molecular flexibility index (Phi) is 6.69. The summed E-state index contributed by atoms with van der Waals surface area (Å²) >= 11 is 7.61. The van der Waals surface area contributed by atoms with Crippen LogP contribution in [0.2, 0.25) is 5.02 Å². The average Bonchev–Trinajstić information content (AvgIpc) is 2.66. The largest absolute Gasteiger partial charge is 0.486 e. The predicted molar refractivity (Wildman–Crippen MR) is 105 cm³/mol. The number of halogens is 1. The van der Waals surface area contributed by atoms with Gasteiger partial charge in [-0.1, -0.05) is 17.7 Å². The van der Waals surface area contributed by atoms with Crippen molar-refractivity contribution in [3.05, 3.63) is 53.1 Å². The maximum Gasteiger partial charge on any atom is 0.220 e. The number of hydrogen-bond donors (Lipinski definition) is 1. The topological polar surface area (TPSA) is 47.6 Å². The molecule has 138 valence electrons. The van der Waals surface area contributed by atoms with Gasteiger partial charge in [-0.05, 0) is 61.1 Å². The van der Waals surface area contributed by atoms with Crippen LogP contribution >= 0.6 is 23.4 Å². The molecule has 1 aliphatic heterocycles. The minimum atomic E-state index is -0.0674. The summed E-state index contributed by atoms with van der Waals surface area (Å²) in [6, 6.07) is 13.5. The molecule has 0 radical (unpaired) electrons. The van der Waals surface area contributed by atoms with Crippen molar-refractivity contribution in [2.24, 2.45) is 0 Å². The molecule has 0 unspecified atom stereocenters. The van der Waals surface area contributed by atoms with Gasteiger partial charge in [0.1, 0.15) is 13.2 Å². The first-order valence-electron chi connectivity index (χ1n) is 8.69. The van der Waals surface area contributed by atoms with E-state index in [0.717, 1.165) is 34.3 Å². The molecule has 26 heavy (non-hydrogen) atoms. The van der Waals surface area contributed by atoms with Crippen molar-refractivity contribution in [3.8, 4) is 11.5 Å². The summed E-state index contributed by atoms with van der Waals surface area (Å²) in [5.74, 6) is 2.46. The molecule has 0 aromatic heterocycles. The SMILES string of the molecule is C[C@@H](NC(=O)CCCSc1ccc(Cl)cc1)c1ccc2c(c1)OCCO2. The Labute approximate surface area is 163 Å². The molecule has 1 amide bonds. The van der Waals surface area contributed by atoms with E-state index in [4.69, 9.17) is 21.1 Å². The van der Waals surface area contributed by atoms with E-state index in [-0.39, 0.29) is 11.9 Å². The van der Waals surface area contributed by atoms with Crippen molar-refractivity contribution in [3.63, 3.8) is 0 Å². The average molecular weight is 392 g/mol. The maximum atomic E-state index is 12.2. The van der Waals surface area contributed by atoms with Crippen molar-refractivity contribution >= 4 is 29.3 Å². The second-order valence-corrected chi connectivity index (χ2v) is 7.70.